The summed E-state index contributed by atoms with van der Waals surface area (Å²) in [6.45, 7) is 4.14. The number of hydrazone groups is 1. The number of amides is 2. The highest BCUT2D eigenvalue weighted by atomic mass is 19.1. The van der Waals surface area contributed by atoms with E-state index in [1.54, 1.807) is 0 Å². The second kappa shape index (κ2) is 10.2. The Morgan fingerprint density at radius 3 is 2.47 bits per heavy atom. The molecule has 1 atom stereocenters. The summed E-state index contributed by atoms with van der Waals surface area (Å²) in [5, 5.41) is 8.76. The first kappa shape index (κ1) is 23.7. The Bertz CT molecular complexity index is 1050. The summed E-state index contributed by atoms with van der Waals surface area (Å²) in [6.07, 6.45) is 1.61. The van der Waals surface area contributed by atoms with E-state index in [2.05, 4.69) is 10.4 Å². The number of rotatable bonds is 8. The van der Waals surface area contributed by atoms with Gasteiger partial charge in [0.2, 0.25) is 5.91 Å². The maximum atomic E-state index is 13.3. The largest absolute Gasteiger partial charge is 0.494 e. The smallest absolute Gasteiger partial charge is 0.267 e. The summed E-state index contributed by atoms with van der Waals surface area (Å²) in [7, 11) is 0. The van der Waals surface area contributed by atoms with Crippen LogP contribution < -0.4 is 20.8 Å². The second-order valence-corrected chi connectivity index (χ2v) is 8.52. The Hall–Kier alpha value is -3.46. The van der Waals surface area contributed by atoms with Gasteiger partial charge in [-0.15, -0.1) is 0 Å². The zero-order valence-corrected chi connectivity index (χ0v) is 19.1. The highest BCUT2D eigenvalue weighted by Crippen LogP contribution is 2.35. The molecular formula is C25H29FN4O4. The van der Waals surface area contributed by atoms with Crippen LogP contribution in [0.4, 0.5) is 10.1 Å². The Morgan fingerprint density at radius 2 is 1.85 bits per heavy atom. The number of benzene rings is 2. The van der Waals surface area contributed by atoms with Gasteiger partial charge >= 0.3 is 0 Å². The van der Waals surface area contributed by atoms with Gasteiger partial charge in [-0.25, -0.2) is 4.39 Å². The van der Waals surface area contributed by atoms with E-state index >= 15 is 0 Å². The molecule has 34 heavy (non-hydrogen) atoms. The molecule has 8 nitrogen and oxygen atoms in total. The summed E-state index contributed by atoms with van der Waals surface area (Å²) in [4.78, 5) is 25.1. The normalized spacial score (nSPS) is 19.4. The number of halogens is 1. The molecule has 1 fully saturated rings. The fourth-order valence-electron chi connectivity index (χ4n) is 4.45. The molecule has 3 N–H and O–H groups in total. The van der Waals surface area contributed by atoms with Crippen molar-refractivity contribution in [1.82, 2.24) is 5.32 Å². The van der Waals surface area contributed by atoms with Crippen molar-refractivity contribution in [3.05, 3.63) is 59.9 Å². The fraction of sp³-hybridized carbons (Fsp3) is 0.400. The van der Waals surface area contributed by atoms with Crippen LogP contribution in [-0.4, -0.2) is 49.9 Å². The number of primary amides is 1. The van der Waals surface area contributed by atoms with E-state index < -0.39 is 17.8 Å². The monoisotopic (exact) mass is 468 g/mol. The summed E-state index contributed by atoms with van der Waals surface area (Å²) in [6, 6.07) is 12.7. The van der Waals surface area contributed by atoms with Crippen molar-refractivity contribution in [2.45, 2.75) is 37.6 Å². The first-order valence-corrected chi connectivity index (χ1v) is 11.4. The maximum absolute atomic E-state index is 13.3. The number of nitrogens with one attached hydrogen (secondary N) is 1. The Morgan fingerprint density at radius 1 is 1.18 bits per heavy atom. The van der Waals surface area contributed by atoms with Crippen LogP contribution in [0.2, 0.25) is 0 Å². The molecule has 0 bridgehead atoms. The fourth-order valence-corrected chi connectivity index (χ4v) is 4.45. The molecule has 2 aromatic rings. The van der Waals surface area contributed by atoms with E-state index in [9.17, 15) is 14.0 Å². The summed E-state index contributed by atoms with van der Waals surface area (Å²) in [5.74, 6) is -0.563. The van der Waals surface area contributed by atoms with Gasteiger partial charge < -0.3 is 20.5 Å². The zero-order chi connectivity index (χ0) is 24.1. The first-order chi connectivity index (χ1) is 16.4. The topological polar surface area (TPSA) is 106 Å². The Balaban J connectivity index is 1.50. The van der Waals surface area contributed by atoms with Gasteiger partial charge in [0.05, 0.1) is 12.3 Å². The summed E-state index contributed by atoms with van der Waals surface area (Å²) >= 11 is 0. The lowest BCUT2D eigenvalue weighted by Crippen LogP contribution is -2.46. The van der Waals surface area contributed by atoms with E-state index in [0.29, 0.717) is 32.1 Å². The number of nitrogens with zero attached hydrogens (tertiary/aromatic N) is 2. The average molecular weight is 469 g/mol. The molecule has 2 aliphatic heterocycles. The van der Waals surface area contributed by atoms with E-state index in [4.69, 9.17) is 15.2 Å². The average Bonchev–Trinajstić information content (AvgIpc) is 3.30. The molecule has 1 saturated heterocycles. The van der Waals surface area contributed by atoms with Crippen molar-refractivity contribution in [2.75, 3.05) is 31.4 Å². The van der Waals surface area contributed by atoms with Crippen molar-refractivity contribution in [1.29, 1.82) is 0 Å². The highest BCUT2D eigenvalue weighted by Gasteiger charge is 2.38. The van der Waals surface area contributed by atoms with Crippen LogP contribution in [0.5, 0.6) is 5.75 Å². The molecule has 2 aromatic carbocycles. The van der Waals surface area contributed by atoms with Crippen LogP contribution in [-0.2, 0) is 19.7 Å². The maximum Gasteiger partial charge on any atom is 0.267 e. The van der Waals surface area contributed by atoms with Crippen LogP contribution in [0.25, 0.3) is 0 Å². The quantitative estimate of drug-likeness (QED) is 0.619. The molecule has 9 heteroatoms. The molecule has 180 valence electrons. The van der Waals surface area contributed by atoms with E-state index in [1.807, 2.05) is 31.2 Å². The predicted molar refractivity (Wildman–Crippen MR) is 126 cm³/mol. The first-order valence-electron chi connectivity index (χ1n) is 11.4. The molecule has 0 spiro atoms. The van der Waals surface area contributed by atoms with Crippen molar-refractivity contribution in [3.8, 4) is 5.75 Å². The summed E-state index contributed by atoms with van der Waals surface area (Å²) in [5.41, 5.74) is 7.08. The van der Waals surface area contributed by atoms with Gasteiger partial charge in [0, 0.05) is 31.6 Å². The predicted octanol–water partition coefficient (Wildman–Crippen LogP) is 2.51. The molecule has 0 radical (unpaired) electrons. The number of ether oxygens (including phenoxy) is 2. The molecular weight excluding hydrogens is 439 g/mol. The van der Waals surface area contributed by atoms with Gasteiger partial charge in [-0.3, -0.25) is 14.6 Å². The number of carbonyl (C=O) groups excluding carboxylic acids is 2. The Kier molecular flexibility index (Phi) is 7.12. The van der Waals surface area contributed by atoms with E-state index in [1.165, 1.54) is 29.3 Å². The third-order valence-electron chi connectivity index (χ3n) is 6.41. The second-order valence-electron chi connectivity index (χ2n) is 8.52. The number of nitrogens with two attached hydrogens (primary N) is 1. The lowest BCUT2D eigenvalue weighted by molar-refractivity contribution is -0.119. The minimum absolute atomic E-state index is 0.0811. The molecule has 0 aliphatic carbocycles. The molecule has 4 rings (SSSR count). The van der Waals surface area contributed by atoms with Crippen LogP contribution >= 0.6 is 0 Å². The van der Waals surface area contributed by atoms with Crippen molar-refractivity contribution in [3.63, 3.8) is 0 Å². The molecule has 0 aromatic heterocycles. The van der Waals surface area contributed by atoms with Crippen LogP contribution in [0, 0.1) is 5.82 Å². The third-order valence-corrected chi connectivity index (χ3v) is 6.41. The number of anilines is 1. The molecule has 0 saturated carbocycles. The molecule has 2 amide bonds. The Labute approximate surface area is 197 Å². The van der Waals surface area contributed by atoms with Crippen LogP contribution in [0.3, 0.4) is 0 Å². The minimum atomic E-state index is -0.811. The van der Waals surface area contributed by atoms with Crippen molar-refractivity contribution in [2.24, 2.45) is 10.8 Å². The van der Waals surface area contributed by atoms with Crippen LogP contribution in [0.1, 0.15) is 31.7 Å². The lowest BCUT2D eigenvalue weighted by atomic mass is 9.74. The summed E-state index contributed by atoms with van der Waals surface area (Å²) < 4.78 is 24.5. The minimum Gasteiger partial charge on any atom is -0.494 e. The highest BCUT2D eigenvalue weighted by molar-refractivity contribution is 6.40. The number of carbonyl (C=O) groups is 2. The molecule has 2 heterocycles. The van der Waals surface area contributed by atoms with Gasteiger partial charge in [0.25, 0.3) is 5.91 Å². The van der Waals surface area contributed by atoms with Crippen molar-refractivity contribution >= 4 is 23.2 Å². The zero-order valence-electron chi connectivity index (χ0n) is 19.1. The molecule has 2 aliphatic rings. The molecule has 1 unspecified atom stereocenters. The third kappa shape index (κ3) is 5.04. The van der Waals surface area contributed by atoms with Gasteiger partial charge in [-0.2, -0.15) is 5.10 Å². The van der Waals surface area contributed by atoms with Gasteiger partial charge in [0.15, 0.2) is 0 Å². The van der Waals surface area contributed by atoms with Gasteiger partial charge in [-0.05, 0) is 61.7 Å². The van der Waals surface area contributed by atoms with Crippen molar-refractivity contribution < 1.29 is 23.5 Å². The van der Waals surface area contributed by atoms with Gasteiger partial charge in [-0.1, -0.05) is 12.1 Å². The number of hydrogen-bond donors (Lipinski definition) is 2. The lowest BCUT2D eigenvalue weighted by Gasteiger charge is -2.38. The van der Waals surface area contributed by atoms with Gasteiger partial charge in [0.1, 0.15) is 23.3 Å². The standard InChI is InChI=1S/C25H29FN4O4/c1-2-34-20-9-3-17(4-10-20)25(11-13-33-14-12-25)16-28-24(32)21-15-22(23(27)31)30(29-21)19-7-5-18(26)6-8-19/h3-10,22H,2,11-16H2,1H3,(H2,27,31)(H,28,32). The van der Waals surface area contributed by atoms with E-state index in [-0.39, 0.29) is 23.5 Å². The van der Waals surface area contributed by atoms with E-state index in [0.717, 1.165) is 24.2 Å². The van der Waals surface area contributed by atoms with Crippen LogP contribution in [0.15, 0.2) is 53.6 Å². The SMILES string of the molecule is CCOc1ccc(C2(CNC(=O)C3=NN(c4ccc(F)cc4)C(C(N)=O)C3)CCOCC2)cc1. The number of hydrogen-bond acceptors (Lipinski definition) is 6.